The molecule has 5 aliphatic carbocycles. The molecule has 0 heterocycles. The number of nitrogens with zero attached hydrogens (tertiary/aromatic N) is 2. The third kappa shape index (κ3) is 5.12. The Balaban J connectivity index is 1.12. The van der Waals surface area contributed by atoms with E-state index in [0.717, 1.165) is 19.3 Å². The van der Waals surface area contributed by atoms with Gasteiger partial charge in [-0.15, -0.1) is 0 Å². The Morgan fingerprint density at radius 2 is 0.966 bits per heavy atom. The highest BCUT2D eigenvalue weighted by atomic mass is 15.2. The minimum absolute atomic E-state index is 0.183. The second-order valence-corrected chi connectivity index (χ2v) is 16.6. The molecule has 2 heteroatoms. The van der Waals surface area contributed by atoms with Gasteiger partial charge in [-0.3, -0.25) is 0 Å². The molecule has 12 rings (SSSR count). The first-order valence-corrected chi connectivity index (χ1v) is 21.3. The number of anilines is 4. The summed E-state index contributed by atoms with van der Waals surface area (Å²) in [6.07, 6.45) is 28.2. The number of allylic oxidation sites excluding steroid dienone is 8. The highest BCUT2D eigenvalue weighted by molar-refractivity contribution is 5.99. The Morgan fingerprint density at radius 3 is 1.54 bits per heavy atom. The molecule has 0 N–H and O–H groups in total. The Labute approximate surface area is 346 Å². The lowest BCUT2D eigenvalue weighted by molar-refractivity contribution is 0.705. The number of hydrogen-bond acceptors (Lipinski definition) is 2. The first-order valence-electron chi connectivity index (χ1n) is 21.3. The number of rotatable bonds is 6. The van der Waals surface area contributed by atoms with Crippen LogP contribution in [0.25, 0.3) is 32.7 Å². The van der Waals surface area contributed by atoms with Crippen LogP contribution < -0.4 is 9.80 Å². The first kappa shape index (κ1) is 34.2. The maximum atomic E-state index is 2.60. The molecular formula is C57H44N2. The molecule has 0 aromatic heterocycles. The van der Waals surface area contributed by atoms with Gasteiger partial charge in [0.2, 0.25) is 0 Å². The van der Waals surface area contributed by atoms with Crippen molar-refractivity contribution in [2.75, 3.05) is 9.80 Å². The molecule has 1 spiro atoms. The molecule has 0 amide bonds. The molecule has 5 aliphatic rings. The molecule has 0 aliphatic heterocycles. The van der Waals surface area contributed by atoms with Gasteiger partial charge < -0.3 is 9.80 Å². The van der Waals surface area contributed by atoms with Crippen molar-refractivity contribution in [2.45, 2.75) is 42.7 Å². The molecule has 3 unspecified atom stereocenters. The average molecular weight is 757 g/mol. The molecule has 7 aromatic carbocycles. The van der Waals surface area contributed by atoms with Gasteiger partial charge in [0.1, 0.15) is 0 Å². The number of benzene rings is 7. The standard InChI is InChI=1S/C57H44N2/c1-3-21-41(22-4-1)58(55-31-15-19-39-17-7-9-25-45(39)55)43-33-35-49-50-36-34-44(59(42-23-5-2-6-24-42)56-32-16-20-40-18-8-10-26-46(40)56)38-54(50)57(53(49)37-43)51-29-13-11-27-47(51)48-28-12-14-30-52(48)57/h1-21,23,25-27,29-38,41-42,48H,22,24,28H2. The first-order chi connectivity index (χ1) is 29.3. The van der Waals surface area contributed by atoms with Gasteiger partial charge in [-0.2, -0.15) is 0 Å². The van der Waals surface area contributed by atoms with Crippen LogP contribution in [0.1, 0.15) is 47.4 Å². The molecule has 0 bridgehead atoms. The van der Waals surface area contributed by atoms with Crippen LogP contribution in [0.3, 0.4) is 0 Å². The minimum atomic E-state index is -0.442. The van der Waals surface area contributed by atoms with E-state index in [2.05, 4.69) is 222 Å². The maximum Gasteiger partial charge on any atom is 0.0686 e. The van der Waals surface area contributed by atoms with E-state index in [1.165, 1.54) is 83.2 Å². The fraction of sp³-hybridized carbons (Fsp3) is 0.123. The van der Waals surface area contributed by atoms with Crippen LogP contribution in [-0.2, 0) is 5.41 Å². The van der Waals surface area contributed by atoms with Crippen molar-refractivity contribution in [3.05, 3.63) is 240 Å². The lowest BCUT2D eigenvalue weighted by atomic mass is 9.68. The summed E-state index contributed by atoms with van der Waals surface area (Å²) in [4.78, 5) is 5.20. The summed E-state index contributed by atoms with van der Waals surface area (Å²) in [5, 5.41) is 5.06. The van der Waals surface area contributed by atoms with E-state index in [9.17, 15) is 0 Å². The third-order valence-electron chi connectivity index (χ3n) is 13.6. The smallest absolute Gasteiger partial charge is 0.0686 e. The van der Waals surface area contributed by atoms with Gasteiger partial charge in [0.05, 0.1) is 17.5 Å². The van der Waals surface area contributed by atoms with Crippen molar-refractivity contribution in [3.8, 4) is 11.1 Å². The van der Waals surface area contributed by atoms with E-state index in [-0.39, 0.29) is 12.1 Å². The second kappa shape index (κ2) is 13.6. The van der Waals surface area contributed by atoms with Gasteiger partial charge in [0, 0.05) is 39.4 Å². The molecule has 59 heavy (non-hydrogen) atoms. The summed E-state index contributed by atoms with van der Waals surface area (Å²) in [6, 6.07) is 55.7. The van der Waals surface area contributed by atoms with Crippen molar-refractivity contribution in [2.24, 2.45) is 0 Å². The van der Waals surface area contributed by atoms with Gasteiger partial charge in [0.15, 0.2) is 0 Å². The van der Waals surface area contributed by atoms with Crippen LogP contribution in [-0.4, -0.2) is 12.1 Å². The van der Waals surface area contributed by atoms with E-state index in [1.807, 2.05) is 0 Å². The van der Waals surface area contributed by atoms with Crippen LogP contribution in [0.5, 0.6) is 0 Å². The Kier molecular flexibility index (Phi) is 7.88. The second-order valence-electron chi connectivity index (χ2n) is 16.6. The predicted octanol–water partition coefficient (Wildman–Crippen LogP) is 14.3. The molecule has 0 fully saturated rings. The molecule has 0 saturated carbocycles. The average Bonchev–Trinajstić information content (AvgIpc) is 3.77. The van der Waals surface area contributed by atoms with Crippen LogP contribution in [0.4, 0.5) is 22.7 Å². The number of hydrogen-bond donors (Lipinski definition) is 0. The largest absolute Gasteiger partial charge is 0.334 e. The van der Waals surface area contributed by atoms with Gasteiger partial charge >= 0.3 is 0 Å². The fourth-order valence-electron chi connectivity index (χ4n) is 11.2. The zero-order chi connectivity index (χ0) is 38.9. The molecule has 2 nitrogen and oxygen atoms in total. The Morgan fingerprint density at radius 1 is 0.441 bits per heavy atom. The predicted molar refractivity (Wildman–Crippen MR) is 248 cm³/mol. The SMILES string of the molecule is C1=CCC2C(=C1)C1(c3cc(N(c4cccc5ccccc45)C4C=CC=CC4)ccc3-c3ccc(N(c4cccc5ccccc45)C4C=CC=CC4)cc31)c1ccccc12. The zero-order valence-electron chi connectivity index (χ0n) is 33.0. The summed E-state index contributed by atoms with van der Waals surface area (Å²) in [5.74, 6) is 0.323. The summed E-state index contributed by atoms with van der Waals surface area (Å²) in [6.45, 7) is 0. The molecule has 0 saturated heterocycles. The van der Waals surface area contributed by atoms with E-state index in [1.54, 1.807) is 0 Å². The number of fused-ring (bicyclic) bond motifs is 12. The monoisotopic (exact) mass is 756 g/mol. The van der Waals surface area contributed by atoms with Crippen LogP contribution in [0, 0.1) is 0 Å². The Hall–Kier alpha value is -6.90. The van der Waals surface area contributed by atoms with Crippen LogP contribution in [0.15, 0.2) is 218 Å². The third-order valence-corrected chi connectivity index (χ3v) is 13.6. The highest BCUT2D eigenvalue weighted by Gasteiger charge is 2.55. The van der Waals surface area contributed by atoms with Crippen molar-refractivity contribution in [3.63, 3.8) is 0 Å². The Bertz CT molecular complexity index is 2850. The van der Waals surface area contributed by atoms with E-state index < -0.39 is 5.41 Å². The lowest BCUT2D eigenvalue weighted by Crippen LogP contribution is -2.32. The quantitative estimate of drug-likeness (QED) is 0.167. The van der Waals surface area contributed by atoms with Crippen molar-refractivity contribution >= 4 is 44.3 Å². The van der Waals surface area contributed by atoms with Gasteiger partial charge in [0.25, 0.3) is 0 Å². The fourth-order valence-corrected chi connectivity index (χ4v) is 11.2. The molecule has 7 aromatic rings. The van der Waals surface area contributed by atoms with Gasteiger partial charge in [-0.05, 0) is 105 Å². The topological polar surface area (TPSA) is 6.48 Å². The van der Waals surface area contributed by atoms with Crippen molar-refractivity contribution in [1.29, 1.82) is 0 Å². The van der Waals surface area contributed by atoms with E-state index in [0.29, 0.717) is 5.92 Å². The maximum absolute atomic E-state index is 2.60. The van der Waals surface area contributed by atoms with Crippen LogP contribution in [0.2, 0.25) is 0 Å². The summed E-state index contributed by atoms with van der Waals surface area (Å²) >= 11 is 0. The molecule has 282 valence electrons. The van der Waals surface area contributed by atoms with E-state index >= 15 is 0 Å². The summed E-state index contributed by atoms with van der Waals surface area (Å²) in [7, 11) is 0. The molecule has 0 radical (unpaired) electrons. The zero-order valence-corrected chi connectivity index (χ0v) is 33.0. The lowest BCUT2D eigenvalue weighted by Gasteiger charge is -2.37. The van der Waals surface area contributed by atoms with Crippen molar-refractivity contribution < 1.29 is 0 Å². The van der Waals surface area contributed by atoms with Crippen LogP contribution >= 0.6 is 0 Å². The van der Waals surface area contributed by atoms with Gasteiger partial charge in [-0.1, -0.05) is 176 Å². The van der Waals surface area contributed by atoms with Crippen molar-refractivity contribution in [1.82, 2.24) is 0 Å². The van der Waals surface area contributed by atoms with Gasteiger partial charge in [-0.25, -0.2) is 0 Å². The summed E-state index contributed by atoms with van der Waals surface area (Å²) in [5.41, 5.74) is 14.3. The molecule has 3 atom stereocenters. The minimum Gasteiger partial charge on any atom is -0.334 e. The highest BCUT2D eigenvalue weighted by Crippen LogP contribution is 2.66. The normalized spacial score (nSPS) is 21.7. The van der Waals surface area contributed by atoms with E-state index in [4.69, 9.17) is 0 Å². The summed E-state index contributed by atoms with van der Waals surface area (Å²) < 4.78 is 0. The molecular weight excluding hydrogens is 713 g/mol.